The van der Waals surface area contributed by atoms with Crippen molar-refractivity contribution in [2.45, 2.75) is 25.3 Å². The van der Waals surface area contributed by atoms with Crippen molar-refractivity contribution < 1.29 is 30.4 Å². The van der Waals surface area contributed by atoms with Crippen LogP contribution in [0.25, 0.3) is 0 Å². The summed E-state index contributed by atoms with van der Waals surface area (Å²) >= 11 is 0. The van der Waals surface area contributed by atoms with Crippen LogP contribution >= 0.6 is 0 Å². The molecule has 0 unspecified atom stereocenters. The Kier molecular flexibility index (Phi) is 8.09. The van der Waals surface area contributed by atoms with Gasteiger partial charge < -0.3 is 22.5 Å². The van der Waals surface area contributed by atoms with E-state index in [9.17, 15) is 13.2 Å². The summed E-state index contributed by atoms with van der Waals surface area (Å²) in [4.78, 5) is 15.0. The van der Waals surface area contributed by atoms with Crippen LogP contribution in [-0.2, 0) is 16.6 Å². The standard InChI is InChI=1S/C25H25N3O4S.ClH/c1-3-28(4-2)17-19-16-20(14-15-22(19)32-25(29)18-10-6-5-7-11-18)26-24-21-12-8-9-13-23(21)33(30,31)27-24;/h5-16H,3-4,17H2,1-2H3,(H,26,27);1H/p-1. The minimum absolute atomic E-state index is 0. The van der Waals surface area contributed by atoms with E-state index in [0.717, 1.165) is 18.7 Å². The molecule has 0 aromatic heterocycles. The lowest BCUT2D eigenvalue weighted by Crippen LogP contribution is -3.00. The Labute approximate surface area is 205 Å². The molecule has 178 valence electrons. The number of fused-ring (bicyclic) bond motifs is 1. The zero-order valence-corrected chi connectivity index (χ0v) is 20.4. The normalized spacial score (nSPS) is 13.6. The summed E-state index contributed by atoms with van der Waals surface area (Å²) in [5, 5.41) is 3.13. The van der Waals surface area contributed by atoms with Crippen molar-refractivity contribution in [1.29, 1.82) is 0 Å². The summed E-state index contributed by atoms with van der Waals surface area (Å²) in [6.45, 7) is 6.37. The molecule has 1 aliphatic rings. The Balaban J connectivity index is 0.00000324. The Morgan fingerprint density at radius 1 is 0.971 bits per heavy atom. The number of ether oxygens (including phenoxy) is 1. The molecule has 4 rings (SSSR count). The van der Waals surface area contributed by atoms with E-state index >= 15 is 0 Å². The number of carbonyl (C=O) groups excluding carboxylic acids is 1. The second-order valence-electron chi connectivity index (χ2n) is 7.58. The van der Waals surface area contributed by atoms with E-state index in [1.54, 1.807) is 60.7 Å². The molecule has 1 heterocycles. The van der Waals surface area contributed by atoms with Gasteiger partial charge in [-0.15, -0.1) is 4.40 Å². The zero-order chi connectivity index (χ0) is 23.4. The van der Waals surface area contributed by atoms with Crippen LogP contribution in [0.4, 0.5) is 5.69 Å². The summed E-state index contributed by atoms with van der Waals surface area (Å²) in [6.07, 6.45) is 0. The number of amidine groups is 1. The molecule has 0 atom stereocenters. The number of nitrogens with one attached hydrogen (secondary N) is 1. The van der Waals surface area contributed by atoms with Gasteiger partial charge in [-0.3, -0.25) is 4.90 Å². The van der Waals surface area contributed by atoms with E-state index in [1.165, 1.54) is 0 Å². The van der Waals surface area contributed by atoms with Crippen LogP contribution in [0.1, 0.15) is 35.3 Å². The summed E-state index contributed by atoms with van der Waals surface area (Å²) in [6, 6.07) is 20.9. The Morgan fingerprint density at radius 2 is 1.65 bits per heavy atom. The molecule has 1 aliphatic heterocycles. The van der Waals surface area contributed by atoms with Crippen LogP contribution in [0, 0.1) is 0 Å². The quantitative estimate of drug-likeness (QED) is 0.390. The third-order valence-electron chi connectivity index (χ3n) is 5.46. The highest BCUT2D eigenvalue weighted by molar-refractivity contribution is 7.90. The van der Waals surface area contributed by atoms with Crippen LogP contribution in [0.2, 0.25) is 0 Å². The van der Waals surface area contributed by atoms with Crippen LogP contribution in [-0.4, -0.2) is 38.2 Å². The molecule has 3 aromatic rings. The highest BCUT2D eigenvalue weighted by atomic mass is 35.5. The molecule has 0 bridgehead atoms. The van der Waals surface area contributed by atoms with Gasteiger partial charge in [0.25, 0.3) is 10.0 Å². The molecule has 7 nitrogen and oxygen atoms in total. The average molecular weight is 499 g/mol. The predicted molar refractivity (Wildman–Crippen MR) is 128 cm³/mol. The van der Waals surface area contributed by atoms with Gasteiger partial charge in [-0.05, 0) is 55.6 Å². The molecule has 9 heteroatoms. The van der Waals surface area contributed by atoms with Gasteiger partial charge in [0.05, 0.1) is 5.56 Å². The second kappa shape index (κ2) is 10.8. The van der Waals surface area contributed by atoms with E-state index in [1.807, 2.05) is 12.1 Å². The van der Waals surface area contributed by atoms with Crippen LogP contribution < -0.4 is 22.5 Å². The van der Waals surface area contributed by atoms with Crippen LogP contribution in [0.5, 0.6) is 5.75 Å². The van der Waals surface area contributed by atoms with E-state index < -0.39 is 16.0 Å². The number of benzene rings is 3. The lowest BCUT2D eigenvalue weighted by Gasteiger charge is -2.21. The van der Waals surface area contributed by atoms with E-state index in [2.05, 4.69) is 28.5 Å². The maximum Gasteiger partial charge on any atom is 0.343 e. The van der Waals surface area contributed by atoms with Gasteiger partial charge in [-0.1, -0.05) is 44.2 Å². The summed E-state index contributed by atoms with van der Waals surface area (Å²) < 4.78 is 34.3. The van der Waals surface area contributed by atoms with Gasteiger partial charge in [0, 0.05) is 23.4 Å². The van der Waals surface area contributed by atoms with Gasteiger partial charge in [0.2, 0.25) is 0 Å². The fourth-order valence-corrected chi connectivity index (χ4v) is 4.81. The molecule has 0 saturated carbocycles. The molecule has 0 saturated heterocycles. The molecule has 0 fully saturated rings. The monoisotopic (exact) mass is 498 g/mol. The van der Waals surface area contributed by atoms with Gasteiger partial charge in [-0.2, -0.15) is 8.42 Å². The van der Waals surface area contributed by atoms with E-state index in [4.69, 9.17) is 4.74 Å². The molecule has 0 aliphatic carbocycles. The summed E-state index contributed by atoms with van der Waals surface area (Å²) in [5.74, 6) is 0.299. The third kappa shape index (κ3) is 5.47. The fourth-order valence-electron chi connectivity index (χ4n) is 3.63. The molecular weight excluding hydrogens is 474 g/mol. The number of rotatable bonds is 7. The number of esters is 1. The topological polar surface area (TPSA) is 88.1 Å². The minimum Gasteiger partial charge on any atom is -1.00 e. The molecule has 0 spiro atoms. The highest BCUT2D eigenvalue weighted by Crippen LogP contribution is 2.29. The smallest absolute Gasteiger partial charge is 0.343 e. The van der Waals surface area contributed by atoms with Gasteiger partial charge in [0.1, 0.15) is 10.6 Å². The highest BCUT2D eigenvalue weighted by Gasteiger charge is 2.28. The molecule has 0 radical (unpaired) electrons. The second-order valence-corrected chi connectivity index (χ2v) is 9.15. The van der Waals surface area contributed by atoms with Gasteiger partial charge in [0.15, 0.2) is 5.84 Å². The Morgan fingerprint density at radius 3 is 2.35 bits per heavy atom. The van der Waals surface area contributed by atoms with Crippen LogP contribution in [0.3, 0.4) is 0 Å². The predicted octanol–water partition coefficient (Wildman–Crippen LogP) is 1.31. The van der Waals surface area contributed by atoms with E-state index in [-0.39, 0.29) is 23.1 Å². The Bertz CT molecular complexity index is 1310. The van der Waals surface area contributed by atoms with Crippen molar-refractivity contribution in [3.8, 4) is 5.75 Å². The fraction of sp³-hybridized carbons (Fsp3) is 0.200. The van der Waals surface area contributed by atoms with E-state index in [0.29, 0.717) is 29.1 Å². The largest absolute Gasteiger partial charge is 1.00 e. The number of carbonyl (C=O) groups is 1. The average Bonchev–Trinajstić information content (AvgIpc) is 3.09. The Hall–Kier alpha value is -3.20. The first kappa shape index (κ1) is 25.4. The maximum atomic E-state index is 12.6. The maximum absolute atomic E-state index is 12.6. The van der Waals surface area contributed by atoms with Crippen molar-refractivity contribution in [2.75, 3.05) is 18.4 Å². The van der Waals surface area contributed by atoms with Crippen molar-refractivity contribution in [3.63, 3.8) is 0 Å². The summed E-state index contributed by atoms with van der Waals surface area (Å²) in [5.41, 5.74) is 2.46. The van der Waals surface area contributed by atoms with Crippen molar-refractivity contribution >= 4 is 27.5 Å². The third-order valence-corrected chi connectivity index (χ3v) is 6.79. The number of anilines is 1. The summed E-state index contributed by atoms with van der Waals surface area (Å²) in [7, 11) is -3.72. The molecule has 3 aromatic carbocycles. The number of hydrogen-bond donors (Lipinski definition) is 1. The first-order valence-corrected chi connectivity index (χ1v) is 12.2. The number of hydrogen-bond acceptors (Lipinski definition) is 6. The molecule has 0 amide bonds. The first-order valence-electron chi connectivity index (χ1n) is 10.7. The van der Waals surface area contributed by atoms with Crippen LogP contribution in [0.15, 0.2) is 82.1 Å². The van der Waals surface area contributed by atoms with Gasteiger partial charge in [-0.25, -0.2) is 4.79 Å². The number of nitrogens with zero attached hydrogens (tertiary/aromatic N) is 2. The minimum atomic E-state index is -3.72. The zero-order valence-electron chi connectivity index (χ0n) is 18.9. The molecule has 34 heavy (non-hydrogen) atoms. The number of sulfonamides is 1. The van der Waals surface area contributed by atoms with Gasteiger partial charge >= 0.3 is 5.97 Å². The number of halogens is 1. The lowest BCUT2D eigenvalue weighted by atomic mass is 10.1. The van der Waals surface area contributed by atoms with Crippen molar-refractivity contribution in [2.24, 2.45) is 4.40 Å². The molecular formula is C25H25ClN3O4S-. The van der Waals surface area contributed by atoms with Crippen molar-refractivity contribution in [3.05, 3.63) is 89.5 Å². The van der Waals surface area contributed by atoms with Crippen molar-refractivity contribution in [1.82, 2.24) is 4.90 Å². The SMILES string of the molecule is CCN(CC)Cc1cc(NC2=NS(=O)(=O)c3ccccc32)ccc1OC(=O)c1ccccc1.[Cl-]. The first-order chi connectivity index (χ1) is 15.9. The lowest BCUT2D eigenvalue weighted by molar-refractivity contribution is -0.0000219. The molecule has 1 N–H and O–H groups in total.